The van der Waals surface area contributed by atoms with Crippen molar-refractivity contribution in [3.05, 3.63) is 22.7 Å². The summed E-state index contributed by atoms with van der Waals surface area (Å²) < 4.78 is 7.36. The van der Waals surface area contributed by atoms with E-state index in [0.717, 1.165) is 0 Å². The van der Waals surface area contributed by atoms with Gasteiger partial charge in [0.2, 0.25) is 0 Å². The molecule has 0 bridgehead atoms. The molecule has 1 aliphatic rings. The minimum Gasteiger partial charge on any atom is -0.369 e. The molecule has 1 atom stereocenters. The molecule has 3 rings (SSSR count). The van der Waals surface area contributed by atoms with Crippen LogP contribution >= 0.6 is 11.3 Å². The third-order valence-electron chi connectivity index (χ3n) is 3.29. The fourth-order valence-electron chi connectivity index (χ4n) is 2.67. The highest BCUT2D eigenvalue weighted by Gasteiger charge is 2.35. The highest BCUT2D eigenvalue weighted by Crippen LogP contribution is 2.26. The SMILES string of the molecule is CC1CN(C(=O)c2sccc2-n2cnnn2)CC(C)(C)O1. The number of carbonyl (C=O) groups is 1. The van der Waals surface area contributed by atoms with Gasteiger partial charge < -0.3 is 9.64 Å². The molecular formula is C13H17N5O2S. The zero-order valence-corrected chi connectivity index (χ0v) is 13.0. The molecule has 2 aromatic rings. The molecule has 8 heteroatoms. The standard InChI is InChI=1S/C13H17N5O2S/c1-9-6-17(7-13(2,3)20-9)12(19)11-10(4-5-21-11)18-8-14-15-16-18/h4-5,8-9H,6-7H2,1-3H3. The molecule has 0 radical (unpaired) electrons. The maximum atomic E-state index is 12.8. The van der Waals surface area contributed by atoms with Gasteiger partial charge in [-0.25, -0.2) is 0 Å². The lowest BCUT2D eigenvalue weighted by atomic mass is 10.1. The number of morpholine rings is 1. The zero-order chi connectivity index (χ0) is 15.0. The first kappa shape index (κ1) is 14.2. The number of hydrogen-bond donors (Lipinski definition) is 0. The molecule has 0 aliphatic carbocycles. The Morgan fingerprint density at radius 3 is 3.00 bits per heavy atom. The highest BCUT2D eigenvalue weighted by atomic mass is 32.1. The van der Waals surface area contributed by atoms with Crippen LogP contribution in [0, 0.1) is 0 Å². The molecule has 1 saturated heterocycles. The summed E-state index contributed by atoms with van der Waals surface area (Å²) in [5, 5.41) is 13.0. The Kier molecular flexibility index (Phi) is 3.50. The maximum Gasteiger partial charge on any atom is 0.266 e. The topological polar surface area (TPSA) is 73.1 Å². The highest BCUT2D eigenvalue weighted by molar-refractivity contribution is 7.12. The lowest BCUT2D eigenvalue weighted by Gasteiger charge is -2.41. The molecule has 1 amide bonds. The Labute approximate surface area is 126 Å². The van der Waals surface area contributed by atoms with Crippen molar-refractivity contribution in [1.29, 1.82) is 0 Å². The maximum absolute atomic E-state index is 12.8. The molecule has 0 saturated carbocycles. The van der Waals surface area contributed by atoms with Gasteiger partial charge in [0.05, 0.1) is 17.4 Å². The molecule has 0 aromatic carbocycles. The van der Waals surface area contributed by atoms with Crippen molar-refractivity contribution in [2.75, 3.05) is 13.1 Å². The van der Waals surface area contributed by atoms with Gasteiger partial charge in [0, 0.05) is 13.1 Å². The van der Waals surface area contributed by atoms with Gasteiger partial charge in [-0.1, -0.05) is 0 Å². The Morgan fingerprint density at radius 1 is 1.52 bits per heavy atom. The molecule has 0 spiro atoms. The summed E-state index contributed by atoms with van der Waals surface area (Å²) in [6.45, 7) is 7.15. The third-order valence-corrected chi connectivity index (χ3v) is 4.18. The molecule has 7 nitrogen and oxygen atoms in total. The summed E-state index contributed by atoms with van der Waals surface area (Å²) in [5.41, 5.74) is 0.381. The predicted octanol–water partition coefficient (Wildman–Crippen LogP) is 1.36. The van der Waals surface area contributed by atoms with Crippen molar-refractivity contribution >= 4 is 17.2 Å². The van der Waals surface area contributed by atoms with Crippen LogP contribution in [-0.2, 0) is 4.74 Å². The van der Waals surface area contributed by atoms with E-state index >= 15 is 0 Å². The third kappa shape index (κ3) is 2.81. The van der Waals surface area contributed by atoms with Gasteiger partial charge in [0.1, 0.15) is 11.2 Å². The average Bonchev–Trinajstić information content (AvgIpc) is 3.06. The van der Waals surface area contributed by atoms with E-state index in [1.807, 2.05) is 37.1 Å². The van der Waals surface area contributed by atoms with E-state index in [-0.39, 0.29) is 17.6 Å². The van der Waals surface area contributed by atoms with Gasteiger partial charge in [-0.15, -0.1) is 16.4 Å². The van der Waals surface area contributed by atoms with Crippen LogP contribution in [0.3, 0.4) is 0 Å². The van der Waals surface area contributed by atoms with E-state index in [2.05, 4.69) is 15.5 Å². The van der Waals surface area contributed by atoms with Crippen LogP contribution in [0.15, 0.2) is 17.8 Å². The minimum atomic E-state index is -0.334. The van der Waals surface area contributed by atoms with Crippen molar-refractivity contribution in [2.24, 2.45) is 0 Å². The number of ether oxygens (including phenoxy) is 1. The number of nitrogens with zero attached hydrogens (tertiary/aromatic N) is 5. The summed E-state index contributed by atoms with van der Waals surface area (Å²) in [4.78, 5) is 15.3. The van der Waals surface area contributed by atoms with Crippen LogP contribution in [-0.4, -0.2) is 55.8 Å². The molecule has 21 heavy (non-hydrogen) atoms. The lowest BCUT2D eigenvalue weighted by molar-refractivity contribution is -0.118. The van der Waals surface area contributed by atoms with E-state index in [1.54, 1.807) is 0 Å². The smallest absolute Gasteiger partial charge is 0.266 e. The van der Waals surface area contributed by atoms with E-state index in [1.165, 1.54) is 22.3 Å². The monoisotopic (exact) mass is 307 g/mol. The van der Waals surface area contributed by atoms with Crippen molar-refractivity contribution < 1.29 is 9.53 Å². The number of carbonyl (C=O) groups excluding carboxylic acids is 1. The molecule has 3 heterocycles. The van der Waals surface area contributed by atoms with Crippen LogP contribution < -0.4 is 0 Å². The molecule has 2 aromatic heterocycles. The van der Waals surface area contributed by atoms with Crippen LogP contribution in [0.25, 0.3) is 5.69 Å². The van der Waals surface area contributed by atoms with E-state index in [4.69, 9.17) is 4.74 Å². The summed E-state index contributed by atoms with van der Waals surface area (Å²) in [7, 11) is 0. The Bertz CT molecular complexity index is 637. The van der Waals surface area contributed by atoms with Crippen LogP contribution in [0.5, 0.6) is 0 Å². The minimum absolute atomic E-state index is 0.00118. The van der Waals surface area contributed by atoms with Gasteiger partial charge in [-0.2, -0.15) is 4.68 Å². The molecular weight excluding hydrogens is 290 g/mol. The van der Waals surface area contributed by atoms with Crippen molar-refractivity contribution in [1.82, 2.24) is 25.1 Å². The van der Waals surface area contributed by atoms with Crippen molar-refractivity contribution in [3.8, 4) is 5.69 Å². The number of thiophene rings is 1. The van der Waals surface area contributed by atoms with Gasteiger partial charge in [-0.05, 0) is 42.6 Å². The second-order valence-electron chi connectivity index (χ2n) is 5.76. The normalized spacial score (nSPS) is 21.5. The summed E-state index contributed by atoms with van der Waals surface area (Å²) in [6.07, 6.45) is 1.51. The number of amides is 1. The van der Waals surface area contributed by atoms with E-state index < -0.39 is 0 Å². The first-order valence-corrected chi connectivity index (χ1v) is 7.62. The fourth-order valence-corrected chi connectivity index (χ4v) is 3.51. The Morgan fingerprint density at radius 2 is 2.33 bits per heavy atom. The molecule has 1 aliphatic heterocycles. The molecule has 1 fully saturated rings. The number of hydrogen-bond acceptors (Lipinski definition) is 6. The quantitative estimate of drug-likeness (QED) is 0.837. The van der Waals surface area contributed by atoms with Crippen LogP contribution in [0.2, 0.25) is 0 Å². The number of tetrazole rings is 1. The van der Waals surface area contributed by atoms with E-state index in [0.29, 0.717) is 23.7 Å². The zero-order valence-electron chi connectivity index (χ0n) is 12.2. The van der Waals surface area contributed by atoms with Crippen LogP contribution in [0.4, 0.5) is 0 Å². The summed E-state index contributed by atoms with van der Waals surface area (Å²) >= 11 is 1.40. The fraction of sp³-hybridized carbons (Fsp3) is 0.538. The molecule has 112 valence electrons. The summed E-state index contributed by atoms with van der Waals surface area (Å²) in [6, 6.07) is 1.85. The first-order chi connectivity index (χ1) is 9.96. The number of aromatic nitrogens is 4. The predicted molar refractivity (Wildman–Crippen MR) is 77.6 cm³/mol. The summed E-state index contributed by atoms with van der Waals surface area (Å²) in [5.74, 6) is -0.00118. The van der Waals surface area contributed by atoms with Gasteiger partial charge in [-0.3, -0.25) is 4.79 Å². The molecule has 0 N–H and O–H groups in total. The van der Waals surface area contributed by atoms with Crippen molar-refractivity contribution in [3.63, 3.8) is 0 Å². The first-order valence-electron chi connectivity index (χ1n) is 6.74. The Hall–Kier alpha value is -1.80. The number of rotatable bonds is 2. The largest absolute Gasteiger partial charge is 0.369 e. The second kappa shape index (κ2) is 5.19. The average molecular weight is 307 g/mol. The van der Waals surface area contributed by atoms with Crippen molar-refractivity contribution in [2.45, 2.75) is 32.5 Å². The van der Waals surface area contributed by atoms with Gasteiger partial charge >= 0.3 is 0 Å². The Balaban J connectivity index is 1.88. The molecule has 1 unspecified atom stereocenters. The van der Waals surface area contributed by atoms with Gasteiger partial charge in [0.15, 0.2) is 0 Å². The lowest BCUT2D eigenvalue weighted by Crippen LogP contribution is -2.53. The van der Waals surface area contributed by atoms with Crippen LogP contribution in [0.1, 0.15) is 30.4 Å². The van der Waals surface area contributed by atoms with E-state index in [9.17, 15) is 4.79 Å². The second-order valence-corrected chi connectivity index (χ2v) is 6.68. The van der Waals surface area contributed by atoms with Gasteiger partial charge in [0.25, 0.3) is 5.91 Å².